The number of hydrogen-bond acceptors (Lipinski definition) is 4. The third-order valence-corrected chi connectivity index (χ3v) is 2.46. The molecule has 0 bridgehead atoms. The van der Waals surface area contributed by atoms with E-state index in [0.717, 1.165) is 30.9 Å². The van der Waals surface area contributed by atoms with Gasteiger partial charge in [0.25, 0.3) is 0 Å². The minimum atomic E-state index is 0.657. The Labute approximate surface area is 103 Å². The van der Waals surface area contributed by atoms with Crippen LogP contribution in [0.25, 0.3) is 0 Å². The average molecular weight is 238 g/mol. The van der Waals surface area contributed by atoms with Gasteiger partial charge in [-0.05, 0) is 37.1 Å². The quantitative estimate of drug-likeness (QED) is 0.537. The van der Waals surface area contributed by atoms with Gasteiger partial charge in [-0.1, -0.05) is 0 Å². The van der Waals surface area contributed by atoms with Crippen molar-refractivity contribution in [1.29, 1.82) is 0 Å². The standard InChI is InChI=1S/C13H22N2O2/c1-11-10-12(14)4-5-13(11)15-6-3-7-17-9-8-16-2/h4-5,10,15H,3,6-9,14H2,1-2H3. The average Bonchev–Trinajstić information content (AvgIpc) is 2.30. The highest BCUT2D eigenvalue weighted by Crippen LogP contribution is 2.17. The van der Waals surface area contributed by atoms with Crippen LogP contribution in [0, 0.1) is 6.92 Å². The molecule has 0 radical (unpaired) electrons. The van der Waals surface area contributed by atoms with E-state index >= 15 is 0 Å². The molecule has 4 nitrogen and oxygen atoms in total. The molecule has 1 aromatic rings. The van der Waals surface area contributed by atoms with E-state index in [4.69, 9.17) is 15.2 Å². The zero-order valence-corrected chi connectivity index (χ0v) is 10.7. The Morgan fingerprint density at radius 3 is 2.76 bits per heavy atom. The SMILES string of the molecule is COCCOCCCNc1ccc(N)cc1C. The first-order valence-electron chi connectivity index (χ1n) is 5.90. The van der Waals surface area contributed by atoms with Gasteiger partial charge in [0.1, 0.15) is 0 Å². The second-order valence-corrected chi connectivity index (χ2v) is 3.96. The number of nitrogens with two attached hydrogens (primary N) is 1. The Morgan fingerprint density at radius 1 is 1.24 bits per heavy atom. The third kappa shape index (κ3) is 5.56. The minimum absolute atomic E-state index is 0.657. The molecule has 0 heterocycles. The number of ether oxygens (including phenoxy) is 2. The number of rotatable bonds is 8. The van der Waals surface area contributed by atoms with Crippen LogP contribution in [0.1, 0.15) is 12.0 Å². The predicted molar refractivity (Wildman–Crippen MR) is 71.4 cm³/mol. The maximum absolute atomic E-state index is 5.69. The molecule has 1 rings (SSSR count). The van der Waals surface area contributed by atoms with Gasteiger partial charge in [0.15, 0.2) is 0 Å². The topological polar surface area (TPSA) is 56.5 Å². The largest absolute Gasteiger partial charge is 0.399 e. The molecule has 0 fully saturated rings. The van der Waals surface area contributed by atoms with Gasteiger partial charge in [0.05, 0.1) is 13.2 Å². The Hall–Kier alpha value is -1.26. The van der Waals surface area contributed by atoms with Gasteiger partial charge < -0.3 is 20.5 Å². The molecule has 1 aromatic carbocycles. The van der Waals surface area contributed by atoms with Gasteiger partial charge in [0.2, 0.25) is 0 Å². The fourth-order valence-corrected chi connectivity index (χ4v) is 1.53. The first-order valence-corrected chi connectivity index (χ1v) is 5.90. The lowest BCUT2D eigenvalue weighted by molar-refractivity contribution is 0.0705. The first-order chi connectivity index (χ1) is 8.24. The van der Waals surface area contributed by atoms with Crippen molar-refractivity contribution in [3.63, 3.8) is 0 Å². The molecule has 96 valence electrons. The van der Waals surface area contributed by atoms with Crippen molar-refractivity contribution < 1.29 is 9.47 Å². The number of nitrogen functional groups attached to an aromatic ring is 1. The summed E-state index contributed by atoms with van der Waals surface area (Å²) in [6.07, 6.45) is 0.980. The number of hydrogen-bond donors (Lipinski definition) is 2. The highest BCUT2D eigenvalue weighted by Gasteiger charge is 1.97. The van der Waals surface area contributed by atoms with Crippen molar-refractivity contribution in [2.75, 3.05) is 44.5 Å². The zero-order chi connectivity index (χ0) is 12.5. The van der Waals surface area contributed by atoms with Crippen LogP contribution in [0.5, 0.6) is 0 Å². The van der Waals surface area contributed by atoms with Crippen molar-refractivity contribution >= 4 is 11.4 Å². The summed E-state index contributed by atoms with van der Waals surface area (Å²) in [6, 6.07) is 5.89. The number of benzene rings is 1. The number of methoxy groups -OCH3 is 1. The van der Waals surface area contributed by atoms with E-state index in [0.29, 0.717) is 13.2 Å². The van der Waals surface area contributed by atoms with Crippen LogP contribution in [0.4, 0.5) is 11.4 Å². The minimum Gasteiger partial charge on any atom is -0.399 e. The summed E-state index contributed by atoms with van der Waals surface area (Å²) in [4.78, 5) is 0. The molecule has 17 heavy (non-hydrogen) atoms. The molecule has 0 aromatic heterocycles. The Kier molecular flexibility index (Phi) is 6.43. The molecule has 0 spiro atoms. The molecule has 0 aliphatic carbocycles. The molecule has 0 saturated carbocycles. The van der Waals surface area contributed by atoms with E-state index in [1.165, 1.54) is 5.56 Å². The van der Waals surface area contributed by atoms with Crippen molar-refractivity contribution in [2.45, 2.75) is 13.3 Å². The van der Waals surface area contributed by atoms with Crippen LogP contribution in [0.2, 0.25) is 0 Å². The summed E-state index contributed by atoms with van der Waals surface area (Å²) in [6.45, 7) is 5.03. The highest BCUT2D eigenvalue weighted by atomic mass is 16.5. The normalized spacial score (nSPS) is 10.5. The molecule has 0 amide bonds. The van der Waals surface area contributed by atoms with Crippen molar-refractivity contribution in [3.05, 3.63) is 23.8 Å². The summed E-state index contributed by atoms with van der Waals surface area (Å²) in [7, 11) is 1.68. The monoisotopic (exact) mass is 238 g/mol. The Bertz CT molecular complexity index is 329. The molecule has 0 atom stereocenters. The number of aryl methyl sites for hydroxylation is 1. The fourth-order valence-electron chi connectivity index (χ4n) is 1.53. The summed E-state index contributed by atoms with van der Waals surface area (Å²) >= 11 is 0. The molecule has 0 aliphatic rings. The molecule has 0 unspecified atom stereocenters. The number of nitrogens with one attached hydrogen (secondary N) is 1. The fraction of sp³-hybridized carbons (Fsp3) is 0.538. The predicted octanol–water partition coefficient (Wildman–Crippen LogP) is 2.04. The van der Waals surface area contributed by atoms with Gasteiger partial charge in [-0.25, -0.2) is 0 Å². The summed E-state index contributed by atoms with van der Waals surface area (Å²) in [5.41, 5.74) is 8.80. The molecular weight excluding hydrogens is 216 g/mol. The maximum atomic E-state index is 5.69. The van der Waals surface area contributed by atoms with Crippen LogP contribution in [0.15, 0.2) is 18.2 Å². The van der Waals surface area contributed by atoms with Gasteiger partial charge in [0, 0.05) is 31.6 Å². The molecule has 0 aliphatic heterocycles. The van der Waals surface area contributed by atoms with Crippen LogP contribution in [0.3, 0.4) is 0 Å². The number of anilines is 2. The van der Waals surface area contributed by atoms with E-state index in [-0.39, 0.29) is 0 Å². The van der Waals surface area contributed by atoms with Crippen LogP contribution < -0.4 is 11.1 Å². The molecule has 0 saturated heterocycles. The lowest BCUT2D eigenvalue weighted by Gasteiger charge is -2.10. The van der Waals surface area contributed by atoms with Crippen molar-refractivity contribution in [3.8, 4) is 0 Å². The molecule has 3 N–H and O–H groups in total. The van der Waals surface area contributed by atoms with Crippen LogP contribution >= 0.6 is 0 Å². The van der Waals surface area contributed by atoms with E-state index in [1.54, 1.807) is 7.11 Å². The smallest absolute Gasteiger partial charge is 0.0700 e. The molecular formula is C13H22N2O2. The summed E-state index contributed by atoms with van der Waals surface area (Å²) < 4.78 is 10.3. The van der Waals surface area contributed by atoms with E-state index in [2.05, 4.69) is 5.32 Å². The van der Waals surface area contributed by atoms with Gasteiger partial charge in [-0.15, -0.1) is 0 Å². The first kappa shape index (κ1) is 13.8. The summed E-state index contributed by atoms with van der Waals surface area (Å²) in [5.74, 6) is 0. The second kappa shape index (κ2) is 7.92. The van der Waals surface area contributed by atoms with E-state index < -0.39 is 0 Å². The zero-order valence-electron chi connectivity index (χ0n) is 10.7. The highest BCUT2D eigenvalue weighted by molar-refractivity contribution is 5.57. The second-order valence-electron chi connectivity index (χ2n) is 3.96. The van der Waals surface area contributed by atoms with Gasteiger partial charge >= 0.3 is 0 Å². The van der Waals surface area contributed by atoms with Crippen LogP contribution in [-0.4, -0.2) is 33.5 Å². The maximum Gasteiger partial charge on any atom is 0.0700 e. The van der Waals surface area contributed by atoms with Gasteiger partial charge in [-0.2, -0.15) is 0 Å². The van der Waals surface area contributed by atoms with E-state index in [1.807, 2.05) is 25.1 Å². The Morgan fingerprint density at radius 2 is 2.06 bits per heavy atom. The van der Waals surface area contributed by atoms with Crippen molar-refractivity contribution in [1.82, 2.24) is 0 Å². The van der Waals surface area contributed by atoms with E-state index in [9.17, 15) is 0 Å². The van der Waals surface area contributed by atoms with Gasteiger partial charge in [-0.3, -0.25) is 0 Å². The Balaban J connectivity index is 2.14. The summed E-state index contributed by atoms with van der Waals surface area (Å²) in [5, 5.41) is 3.36. The molecule has 4 heteroatoms. The van der Waals surface area contributed by atoms with Crippen molar-refractivity contribution in [2.24, 2.45) is 0 Å². The third-order valence-electron chi connectivity index (χ3n) is 2.46. The van der Waals surface area contributed by atoms with Crippen LogP contribution in [-0.2, 0) is 9.47 Å². The lowest BCUT2D eigenvalue weighted by Crippen LogP contribution is -2.09. The lowest BCUT2D eigenvalue weighted by atomic mass is 10.2.